The molecule has 1 heterocycles. The lowest BCUT2D eigenvalue weighted by atomic mass is 10.1. The van der Waals surface area contributed by atoms with Gasteiger partial charge in [-0.1, -0.05) is 6.07 Å². The number of fused-ring (bicyclic) bond motifs is 1. The molecule has 0 radical (unpaired) electrons. The van der Waals surface area contributed by atoms with Crippen molar-refractivity contribution in [1.82, 2.24) is 0 Å². The van der Waals surface area contributed by atoms with Crippen LogP contribution in [0.4, 0.5) is 13.2 Å². The quantitative estimate of drug-likeness (QED) is 0.618. The highest BCUT2D eigenvalue weighted by Gasteiger charge is 2.18. The van der Waals surface area contributed by atoms with Crippen LogP contribution in [-0.2, 0) is 0 Å². The van der Waals surface area contributed by atoms with Gasteiger partial charge in [-0.25, -0.2) is 13.2 Å². The number of thiophene rings is 1. The van der Waals surface area contributed by atoms with Crippen LogP contribution in [0.15, 0.2) is 36.4 Å². The minimum atomic E-state index is -0.897. The maximum atomic E-state index is 13.8. The fraction of sp³-hybridized carbons (Fsp3) is 0.0625. The number of carbonyl (C=O) groups is 1. The van der Waals surface area contributed by atoms with Gasteiger partial charge in [0.25, 0.3) is 0 Å². The van der Waals surface area contributed by atoms with Gasteiger partial charge in [0.2, 0.25) is 5.78 Å². The third kappa shape index (κ3) is 2.45. The molecule has 1 aromatic heterocycles. The zero-order valence-electron chi connectivity index (χ0n) is 10.9. The van der Waals surface area contributed by atoms with Gasteiger partial charge in [-0.05, 0) is 42.1 Å². The van der Waals surface area contributed by atoms with Gasteiger partial charge in [0, 0.05) is 10.8 Å². The predicted molar refractivity (Wildman–Crippen MR) is 76.3 cm³/mol. The minimum absolute atomic E-state index is 0.180. The normalized spacial score (nSPS) is 11.0. The van der Waals surface area contributed by atoms with Crippen LogP contribution < -0.4 is 0 Å². The molecule has 0 aliphatic heterocycles. The van der Waals surface area contributed by atoms with Crippen molar-refractivity contribution in [3.63, 3.8) is 0 Å². The third-order valence-corrected chi connectivity index (χ3v) is 4.30. The monoisotopic (exact) mass is 306 g/mol. The molecule has 0 spiro atoms. The first-order valence-electron chi connectivity index (χ1n) is 6.15. The van der Waals surface area contributed by atoms with E-state index in [0.717, 1.165) is 11.3 Å². The van der Waals surface area contributed by atoms with Crippen LogP contribution >= 0.6 is 11.3 Å². The molecule has 0 fully saturated rings. The number of ketones is 1. The zero-order chi connectivity index (χ0) is 15.1. The average Bonchev–Trinajstić information content (AvgIpc) is 2.85. The Bertz CT molecular complexity index is 867. The highest BCUT2D eigenvalue weighted by atomic mass is 32.1. The van der Waals surface area contributed by atoms with Crippen molar-refractivity contribution in [2.75, 3.05) is 0 Å². The molecule has 0 saturated carbocycles. The van der Waals surface area contributed by atoms with E-state index in [0.29, 0.717) is 21.0 Å². The minimum Gasteiger partial charge on any atom is -0.288 e. The van der Waals surface area contributed by atoms with Crippen molar-refractivity contribution in [2.45, 2.75) is 6.92 Å². The number of benzene rings is 2. The summed E-state index contributed by atoms with van der Waals surface area (Å²) in [5.74, 6) is -2.52. The summed E-state index contributed by atoms with van der Waals surface area (Å²) in [5.41, 5.74) is 0.0211. The highest BCUT2D eigenvalue weighted by molar-refractivity contribution is 7.21. The van der Waals surface area contributed by atoms with Gasteiger partial charge in [0.1, 0.15) is 17.5 Å². The second kappa shape index (κ2) is 5.00. The first-order valence-corrected chi connectivity index (χ1v) is 6.97. The Balaban J connectivity index is 2.10. The van der Waals surface area contributed by atoms with E-state index in [1.807, 2.05) is 0 Å². The Kier molecular flexibility index (Phi) is 3.29. The Morgan fingerprint density at radius 3 is 2.52 bits per heavy atom. The molecule has 0 saturated heterocycles. The van der Waals surface area contributed by atoms with E-state index in [-0.39, 0.29) is 11.1 Å². The van der Waals surface area contributed by atoms with Crippen molar-refractivity contribution in [1.29, 1.82) is 0 Å². The molecule has 0 atom stereocenters. The number of halogens is 3. The standard InChI is InChI=1S/C16H9F3OS/c1-8-4-11(13(19)7-12(8)18)16(20)15-5-9-2-3-10(17)6-14(9)21-15/h2-7H,1H3. The molecular weight excluding hydrogens is 297 g/mol. The van der Waals surface area contributed by atoms with Crippen molar-refractivity contribution >= 4 is 27.2 Å². The third-order valence-electron chi connectivity index (χ3n) is 3.20. The zero-order valence-corrected chi connectivity index (χ0v) is 11.7. The molecule has 106 valence electrons. The highest BCUT2D eigenvalue weighted by Crippen LogP contribution is 2.29. The number of hydrogen-bond donors (Lipinski definition) is 0. The van der Waals surface area contributed by atoms with E-state index < -0.39 is 23.2 Å². The SMILES string of the molecule is Cc1cc(C(=O)c2cc3ccc(F)cc3s2)c(F)cc1F. The van der Waals surface area contributed by atoms with Crippen LogP contribution in [-0.4, -0.2) is 5.78 Å². The lowest BCUT2D eigenvalue weighted by Gasteiger charge is -2.03. The first-order chi connectivity index (χ1) is 9.95. The van der Waals surface area contributed by atoms with Crippen molar-refractivity contribution in [3.8, 4) is 0 Å². The maximum Gasteiger partial charge on any atom is 0.205 e. The molecule has 3 aromatic rings. The van der Waals surface area contributed by atoms with E-state index in [9.17, 15) is 18.0 Å². The largest absolute Gasteiger partial charge is 0.288 e. The molecule has 0 N–H and O–H groups in total. The fourth-order valence-electron chi connectivity index (χ4n) is 2.08. The van der Waals surface area contributed by atoms with Gasteiger partial charge >= 0.3 is 0 Å². The molecule has 5 heteroatoms. The van der Waals surface area contributed by atoms with Gasteiger partial charge in [-0.3, -0.25) is 4.79 Å². The molecule has 0 aliphatic carbocycles. The number of rotatable bonds is 2. The van der Waals surface area contributed by atoms with Gasteiger partial charge in [0.15, 0.2) is 0 Å². The van der Waals surface area contributed by atoms with E-state index in [4.69, 9.17) is 0 Å². The van der Waals surface area contributed by atoms with Gasteiger partial charge in [-0.2, -0.15) is 0 Å². The van der Waals surface area contributed by atoms with Gasteiger partial charge < -0.3 is 0 Å². The Morgan fingerprint density at radius 1 is 1.00 bits per heavy atom. The van der Waals surface area contributed by atoms with Gasteiger partial charge in [0.05, 0.1) is 10.4 Å². The smallest absolute Gasteiger partial charge is 0.205 e. The summed E-state index contributed by atoms with van der Waals surface area (Å²) in [6.45, 7) is 1.46. The molecule has 21 heavy (non-hydrogen) atoms. The predicted octanol–water partition coefficient (Wildman–Crippen LogP) is 4.86. The first kappa shape index (κ1) is 13.8. The van der Waals surface area contributed by atoms with Crippen molar-refractivity contribution < 1.29 is 18.0 Å². The topological polar surface area (TPSA) is 17.1 Å². The molecule has 0 bridgehead atoms. The fourth-order valence-corrected chi connectivity index (χ4v) is 3.12. The second-order valence-corrected chi connectivity index (χ2v) is 5.79. The summed E-state index contributed by atoms with van der Waals surface area (Å²) in [6.07, 6.45) is 0. The van der Waals surface area contributed by atoms with Crippen molar-refractivity contribution in [2.24, 2.45) is 0 Å². The molecule has 2 aromatic carbocycles. The van der Waals surface area contributed by atoms with Crippen LogP contribution in [0.1, 0.15) is 20.8 Å². The van der Waals surface area contributed by atoms with E-state index >= 15 is 0 Å². The molecular formula is C16H9F3OS. The number of carbonyl (C=O) groups excluding carboxylic acids is 1. The average molecular weight is 306 g/mol. The summed E-state index contributed by atoms with van der Waals surface area (Å²) >= 11 is 1.08. The summed E-state index contributed by atoms with van der Waals surface area (Å²) in [6, 6.07) is 7.66. The number of hydrogen-bond acceptors (Lipinski definition) is 2. The Morgan fingerprint density at radius 2 is 1.76 bits per heavy atom. The summed E-state index contributed by atoms with van der Waals surface area (Å²) < 4.78 is 40.8. The summed E-state index contributed by atoms with van der Waals surface area (Å²) in [4.78, 5) is 12.6. The van der Waals surface area contributed by atoms with Gasteiger partial charge in [-0.15, -0.1) is 11.3 Å². The summed E-state index contributed by atoms with van der Waals surface area (Å²) in [5, 5.41) is 0.712. The van der Waals surface area contributed by atoms with E-state index in [2.05, 4.69) is 0 Å². The molecule has 0 unspecified atom stereocenters. The Labute approximate surface area is 122 Å². The molecule has 1 nitrogen and oxygen atoms in total. The van der Waals surface area contributed by atoms with Crippen LogP contribution in [0.5, 0.6) is 0 Å². The van der Waals surface area contributed by atoms with Crippen LogP contribution in [0, 0.1) is 24.4 Å². The van der Waals surface area contributed by atoms with Crippen molar-refractivity contribution in [3.05, 3.63) is 69.9 Å². The van der Waals surface area contributed by atoms with Crippen LogP contribution in [0.3, 0.4) is 0 Å². The van der Waals surface area contributed by atoms with E-state index in [1.165, 1.54) is 25.1 Å². The lowest BCUT2D eigenvalue weighted by molar-refractivity contribution is 0.103. The molecule has 3 rings (SSSR count). The van der Waals surface area contributed by atoms with E-state index in [1.54, 1.807) is 12.1 Å². The lowest BCUT2D eigenvalue weighted by Crippen LogP contribution is -2.04. The maximum absolute atomic E-state index is 13.8. The molecule has 0 amide bonds. The summed E-state index contributed by atoms with van der Waals surface area (Å²) in [7, 11) is 0. The van der Waals surface area contributed by atoms with Crippen LogP contribution in [0.25, 0.3) is 10.1 Å². The number of aryl methyl sites for hydroxylation is 1. The van der Waals surface area contributed by atoms with Crippen LogP contribution in [0.2, 0.25) is 0 Å². The molecule has 0 aliphatic rings. The second-order valence-electron chi connectivity index (χ2n) is 4.70. The Hall–Kier alpha value is -2.14.